The highest BCUT2D eigenvalue weighted by atomic mass is 32.2. The van der Waals surface area contributed by atoms with Gasteiger partial charge in [0.25, 0.3) is 10.1 Å². The second-order valence-electron chi connectivity index (χ2n) is 5.39. The standard InChI is InChI=1S/C16H14O6S/c1-2-3-4-9-5-6-10-12(23(19,20)21)8-7-11-14(10)13(9)16(18)22-15(11)17/h5-8H,2-4H2,1H3,(H,19,20,21). The third-order valence-corrected chi connectivity index (χ3v) is 4.83. The molecule has 7 heteroatoms. The lowest BCUT2D eigenvalue weighted by Gasteiger charge is -2.19. The van der Waals surface area contributed by atoms with E-state index >= 15 is 0 Å². The predicted molar refractivity (Wildman–Crippen MR) is 82.1 cm³/mol. The van der Waals surface area contributed by atoms with Crippen molar-refractivity contribution in [3.63, 3.8) is 0 Å². The molecule has 1 N–H and O–H groups in total. The molecule has 1 heterocycles. The van der Waals surface area contributed by atoms with Crippen molar-refractivity contribution < 1.29 is 27.3 Å². The Kier molecular flexibility index (Phi) is 3.69. The van der Waals surface area contributed by atoms with Crippen molar-refractivity contribution in [3.8, 4) is 0 Å². The molecule has 1 aliphatic heterocycles. The minimum atomic E-state index is -4.48. The second kappa shape index (κ2) is 5.43. The average molecular weight is 334 g/mol. The van der Waals surface area contributed by atoms with Crippen LogP contribution in [0.1, 0.15) is 46.0 Å². The zero-order valence-electron chi connectivity index (χ0n) is 12.3. The summed E-state index contributed by atoms with van der Waals surface area (Å²) in [7, 11) is -4.48. The van der Waals surface area contributed by atoms with Gasteiger partial charge in [-0.3, -0.25) is 4.55 Å². The predicted octanol–water partition coefficient (Wildman–Crippen LogP) is 2.74. The number of hydrogen-bond acceptors (Lipinski definition) is 5. The molecule has 0 spiro atoms. The Labute approximate surface area is 132 Å². The number of esters is 2. The number of rotatable bonds is 4. The number of ether oxygens (including phenoxy) is 1. The molecule has 0 atom stereocenters. The highest BCUT2D eigenvalue weighted by molar-refractivity contribution is 7.86. The fourth-order valence-corrected chi connectivity index (χ4v) is 3.55. The molecule has 0 saturated carbocycles. The Hall–Kier alpha value is -2.25. The van der Waals surface area contributed by atoms with Gasteiger partial charge in [0.05, 0.1) is 11.1 Å². The highest BCUT2D eigenvalue weighted by Crippen LogP contribution is 2.35. The van der Waals surface area contributed by atoms with E-state index in [1.807, 2.05) is 6.92 Å². The average Bonchev–Trinajstić information content (AvgIpc) is 2.48. The first-order valence-corrected chi connectivity index (χ1v) is 8.61. The molecular formula is C16H14O6S. The number of hydrogen-bond donors (Lipinski definition) is 1. The van der Waals surface area contributed by atoms with Gasteiger partial charge < -0.3 is 4.74 Å². The maximum absolute atomic E-state index is 12.2. The molecule has 1 aliphatic rings. The van der Waals surface area contributed by atoms with E-state index in [1.165, 1.54) is 12.1 Å². The Balaban J connectivity index is 2.42. The van der Waals surface area contributed by atoms with Crippen molar-refractivity contribution in [2.24, 2.45) is 0 Å². The quantitative estimate of drug-likeness (QED) is 0.524. The summed E-state index contributed by atoms with van der Waals surface area (Å²) in [4.78, 5) is 23.8. The third kappa shape index (κ3) is 2.51. The van der Waals surface area contributed by atoms with Crippen molar-refractivity contribution in [2.45, 2.75) is 31.1 Å². The summed E-state index contributed by atoms with van der Waals surface area (Å²) in [5.41, 5.74) is 1.03. The zero-order chi connectivity index (χ0) is 16.8. The molecule has 120 valence electrons. The van der Waals surface area contributed by atoms with Gasteiger partial charge in [0.1, 0.15) is 4.90 Å². The molecule has 0 radical (unpaired) electrons. The molecule has 0 amide bonds. The van der Waals surface area contributed by atoms with Crippen LogP contribution in [0.3, 0.4) is 0 Å². The van der Waals surface area contributed by atoms with E-state index in [4.69, 9.17) is 4.74 Å². The molecule has 2 aromatic rings. The number of aryl methyl sites for hydroxylation is 1. The molecule has 0 unspecified atom stereocenters. The summed E-state index contributed by atoms with van der Waals surface area (Å²) >= 11 is 0. The Morgan fingerprint density at radius 3 is 2.48 bits per heavy atom. The minimum absolute atomic E-state index is 0.125. The van der Waals surface area contributed by atoms with E-state index in [1.54, 1.807) is 6.07 Å². The van der Waals surface area contributed by atoms with E-state index in [0.29, 0.717) is 12.0 Å². The number of unbranched alkanes of at least 4 members (excludes halogenated alkanes) is 1. The lowest BCUT2D eigenvalue weighted by atomic mass is 9.91. The minimum Gasteiger partial charge on any atom is -0.386 e. The number of cyclic esters (lactones) is 2. The molecule has 0 bridgehead atoms. The van der Waals surface area contributed by atoms with Crippen LogP contribution in [0.25, 0.3) is 10.8 Å². The SMILES string of the molecule is CCCCc1ccc2c(S(=O)(=O)O)ccc3c2c1C(=O)OC3=O. The van der Waals surface area contributed by atoms with Gasteiger partial charge in [-0.25, -0.2) is 9.59 Å². The molecule has 3 rings (SSSR count). The van der Waals surface area contributed by atoms with Crippen LogP contribution < -0.4 is 0 Å². The van der Waals surface area contributed by atoms with Crippen LogP contribution in [0, 0.1) is 0 Å². The fraction of sp³-hybridized carbons (Fsp3) is 0.250. The Morgan fingerprint density at radius 1 is 1.09 bits per heavy atom. The summed E-state index contributed by atoms with van der Waals surface area (Å²) in [5.74, 6) is -1.60. The molecule has 0 saturated heterocycles. The smallest absolute Gasteiger partial charge is 0.346 e. The summed E-state index contributed by atoms with van der Waals surface area (Å²) in [5, 5.41) is 0.375. The molecule has 0 aliphatic carbocycles. The monoisotopic (exact) mass is 334 g/mol. The first-order valence-electron chi connectivity index (χ1n) is 7.17. The summed E-state index contributed by atoms with van der Waals surface area (Å²) in [6.07, 6.45) is 2.37. The fourth-order valence-electron chi connectivity index (χ4n) is 2.86. The van der Waals surface area contributed by atoms with Gasteiger partial charge in [-0.05, 0) is 30.5 Å². The van der Waals surface area contributed by atoms with Gasteiger partial charge in [0, 0.05) is 10.8 Å². The van der Waals surface area contributed by atoms with Crippen LogP contribution in [0.2, 0.25) is 0 Å². The van der Waals surface area contributed by atoms with Gasteiger partial charge >= 0.3 is 11.9 Å². The Bertz CT molecular complexity index is 943. The number of carbonyl (C=O) groups is 2. The normalized spacial score (nSPS) is 14.2. The van der Waals surface area contributed by atoms with Crippen LogP contribution in [0.15, 0.2) is 29.2 Å². The lowest BCUT2D eigenvalue weighted by Crippen LogP contribution is -2.22. The van der Waals surface area contributed by atoms with Crippen molar-refractivity contribution in [1.29, 1.82) is 0 Å². The van der Waals surface area contributed by atoms with Crippen molar-refractivity contribution in [1.82, 2.24) is 0 Å². The number of benzene rings is 2. The van der Waals surface area contributed by atoms with Gasteiger partial charge in [-0.2, -0.15) is 8.42 Å². The van der Waals surface area contributed by atoms with E-state index in [-0.39, 0.29) is 26.8 Å². The van der Waals surface area contributed by atoms with Crippen molar-refractivity contribution in [3.05, 3.63) is 41.0 Å². The van der Waals surface area contributed by atoms with Crippen molar-refractivity contribution >= 4 is 32.8 Å². The highest BCUT2D eigenvalue weighted by Gasteiger charge is 2.31. The first kappa shape index (κ1) is 15.6. The molecule has 0 fully saturated rings. The van der Waals surface area contributed by atoms with E-state index in [9.17, 15) is 22.6 Å². The van der Waals surface area contributed by atoms with Crippen LogP contribution in [-0.4, -0.2) is 24.9 Å². The Morgan fingerprint density at radius 2 is 1.83 bits per heavy atom. The first-order chi connectivity index (χ1) is 10.8. The van der Waals surface area contributed by atoms with E-state index < -0.39 is 22.1 Å². The zero-order valence-corrected chi connectivity index (χ0v) is 13.1. The summed E-state index contributed by atoms with van der Waals surface area (Å²) in [6.45, 7) is 2.01. The molecule has 23 heavy (non-hydrogen) atoms. The molecule has 0 aromatic heterocycles. The van der Waals surface area contributed by atoms with Crippen LogP contribution in [0.5, 0.6) is 0 Å². The second-order valence-corrected chi connectivity index (χ2v) is 6.78. The van der Waals surface area contributed by atoms with Gasteiger partial charge in [-0.1, -0.05) is 25.5 Å². The summed E-state index contributed by atoms with van der Waals surface area (Å²) < 4.78 is 37.2. The lowest BCUT2D eigenvalue weighted by molar-refractivity contribution is 0.0390. The van der Waals surface area contributed by atoms with Crippen LogP contribution in [0.4, 0.5) is 0 Å². The third-order valence-electron chi connectivity index (χ3n) is 3.91. The van der Waals surface area contributed by atoms with Crippen LogP contribution in [-0.2, 0) is 21.3 Å². The topological polar surface area (TPSA) is 97.7 Å². The van der Waals surface area contributed by atoms with E-state index in [0.717, 1.165) is 18.9 Å². The van der Waals surface area contributed by atoms with E-state index in [2.05, 4.69) is 0 Å². The van der Waals surface area contributed by atoms with Crippen LogP contribution >= 0.6 is 0 Å². The van der Waals surface area contributed by atoms with Gasteiger partial charge in [0.2, 0.25) is 0 Å². The van der Waals surface area contributed by atoms with Gasteiger partial charge in [-0.15, -0.1) is 0 Å². The molecule has 2 aromatic carbocycles. The number of carbonyl (C=O) groups excluding carboxylic acids is 2. The van der Waals surface area contributed by atoms with Gasteiger partial charge in [0.15, 0.2) is 0 Å². The summed E-state index contributed by atoms with van der Waals surface area (Å²) in [6, 6.07) is 5.55. The molecule has 6 nitrogen and oxygen atoms in total. The van der Waals surface area contributed by atoms with Crippen molar-refractivity contribution in [2.75, 3.05) is 0 Å². The largest absolute Gasteiger partial charge is 0.386 e. The maximum Gasteiger partial charge on any atom is 0.346 e. The maximum atomic E-state index is 12.2. The molecular weight excluding hydrogens is 320 g/mol.